The average molecular weight is 690 g/mol. The fourth-order valence-corrected chi connectivity index (χ4v) is 8.04. The molecule has 1 aliphatic heterocycles. The molecular weight excluding hydrogens is 660 g/mol. The van der Waals surface area contributed by atoms with Crippen LogP contribution in [0.3, 0.4) is 0 Å². The van der Waals surface area contributed by atoms with Crippen LogP contribution in [0, 0.1) is 24.4 Å². The summed E-state index contributed by atoms with van der Waals surface area (Å²) < 4.78 is 61.2. The largest absolute Gasteiger partial charge is 0.490 e. The first-order valence-corrected chi connectivity index (χ1v) is 16.9. The molecule has 7 rings (SSSR count). The van der Waals surface area contributed by atoms with Gasteiger partial charge in [-0.05, 0) is 45.0 Å². The van der Waals surface area contributed by atoms with Gasteiger partial charge in [-0.2, -0.15) is 5.10 Å². The molecule has 246 valence electrons. The minimum Gasteiger partial charge on any atom is -0.490 e. The quantitative estimate of drug-likeness (QED) is 0.118. The fraction of sp³-hybridized carbons (Fsp3) is 0.257. The van der Waals surface area contributed by atoms with Crippen molar-refractivity contribution < 1.29 is 27.4 Å². The van der Waals surface area contributed by atoms with E-state index in [2.05, 4.69) is 11.6 Å². The van der Waals surface area contributed by atoms with Crippen molar-refractivity contribution in [3.05, 3.63) is 82.6 Å². The first-order chi connectivity index (χ1) is 23.1. The van der Waals surface area contributed by atoms with Crippen LogP contribution in [0.5, 0.6) is 5.75 Å². The number of amides is 1. The van der Waals surface area contributed by atoms with Gasteiger partial charge < -0.3 is 14.4 Å². The summed E-state index contributed by atoms with van der Waals surface area (Å²) in [4.78, 5) is 24.2. The molecule has 13 heteroatoms. The monoisotopic (exact) mass is 689 g/mol. The maximum Gasteiger partial charge on any atom is 0.246 e. The molecule has 0 spiro atoms. The Morgan fingerprint density at radius 2 is 1.88 bits per heavy atom. The predicted molar refractivity (Wildman–Crippen MR) is 182 cm³/mol. The summed E-state index contributed by atoms with van der Waals surface area (Å²) in [6.07, 6.45) is 1.28. The first kappa shape index (κ1) is 32.0. The molecule has 0 aliphatic carbocycles. The molecule has 2 aromatic carbocycles. The van der Waals surface area contributed by atoms with E-state index >= 15 is 8.78 Å². The SMILES string of the molecule is C=CC(=O)N1C[C@H](C)n2nc(-c3nc(-c4ccc5sc(C)nc5c4)c4scc(F)c4c3-c3c(F)cc(F)cc3OCCOC)cc2[C@H]1C. The number of carbonyl (C=O) groups is 1. The van der Waals surface area contributed by atoms with Crippen LogP contribution < -0.4 is 4.74 Å². The Hall–Kier alpha value is -4.59. The van der Waals surface area contributed by atoms with E-state index in [-0.39, 0.29) is 59.2 Å². The second-order valence-electron chi connectivity index (χ2n) is 11.6. The summed E-state index contributed by atoms with van der Waals surface area (Å²) in [6.45, 7) is 9.94. The molecule has 0 saturated heterocycles. The minimum absolute atomic E-state index is 0.00343. The zero-order chi connectivity index (χ0) is 33.9. The lowest BCUT2D eigenvalue weighted by molar-refractivity contribution is -0.129. The number of pyridine rings is 1. The summed E-state index contributed by atoms with van der Waals surface area (Å²) >= 11 is 2.70. The molecule has 0 radical (unpaired) electrons. The number of benzene rings is 2. The Bertz CT molecular complexity index is 2240. The van der Waals surface area contributed by atoms with Crippen LogP contribution >= 0.6 is 22.7 Å². The van der Waals surface area contributed by atoms with Gasteiger partial charge in [0.2, 0.25) is 5.91 Å². The normalized spacial score (nSPS) is 16.1. The molecule has 1 aliphatic rings. The van der Waals surface area contributed by atoms with Gasteiger partial charge in [0.05, 0.1) is 55.6 Å². The Labute approximate surface area is 282 Å². The number of carbonyl (C=O) groups excluding carboxylic acids is 1. The summed E-state index contributed by atoms with van der Waals surface area (Å²) in [6, 6.07) is 8.77. The highest BCUT2D eigenvalue weighted by atomic mass is 32.1. The molecule has 0 fully saturated rings. The van der Waals surface area contributed by atoms with E-state index in [4.69, 9.17) is 19.6 Å². The van der Waals surface area contributed by atoms with Gasteiger partial charge in [-0.1, -0.05) is 12.6 Å². The van der Waals surface area contributed by atoms with Gasteiger partial charge in [0.15, 0.2) is 0 Å². The number of rotatable bonds is 8. The molecule has 48 heavy (non-hydrogen) atoms. The van der Waals surface area contributed by atoms with Gasteiger partial charge >= 0.3 is 0 Å². The zero-order valence-electron chi connectivity index (χ0n) is 26.5. The number of aromatic nitrogens is 4. The van der Waals surface area contributed by atoms with Gasteiger partial charge in [-0.15, -0.1) is 22.7 Å². The van der Waals surface area contributed by atoms with Crippen LogP contribution in [-0.2, 0) is 9.53 Å². The van der Waals surface area contributed by atoms with Gasteiger partial charge in [0.1, 0.15) is 41.2 Å². The van der Waals surface area contributed by atoms with Crippen molar-refractivity contribution in [2.45, 2.75) is 32.9 Å². The minimum atomic E-state index is -0.946. The molecule has 6 aromatic rings. The summed E-state index contributed by atoms with van der Waals surface area (Å²) in [7, 11) is 1.48. The van der Waals surface area contributed by atoms with Gasteiger partial charge in [-0.25, -0.2) is 23.1 Å². The van der Waals surface area contributed by atoms with Crippen molar-refractivity contribution in [2.75, 3.05) is 26.9 Å². The number of methoxy groups -OCH3 is 1. The molecule has 1 amide bonds. The van der Waals surface area contributed by atoms with Crippen molar-refractivity contribution in [2.24, 2.45) is 0 Å². The molecule has 4 aromatic heterocycles. The van der Waals surface area contributed by atoms with Gasteiger partial charge in [0.25, 0.3) is 0 Å². The number of fused-ring (bicyclic) bond motifs is 3. The number of hydrogen-bond donors (Lipinski definition) is 0. The molecule has 0 N–H and O–H groups in total. The van der Waals surface area contributed by atoms with Crippen LogP contribution in [0.15, 0.2) is 54.4 Å². The van der Waals surface area contributed by atoms with E-state index in [0.29, 0.717) is 28.2 Å². The summed E-state index contributed by atoms with van der Waals surface area (Å²) in [5.41, 5.74) is 3.09. The second kappa shape index (κ2) is 12.5. The molecule has 2 atom stereocenters. The lowest BCUT2D eigenvalue weighted by Gasteiger charge is -2.36. The zero-order valence-corrected chi connectivity index (χ0v) is 28.1. The number of ether oxygens (including phenoxy) is 2. The lowest BCUT2D eigenvalue weighted by atomic mass is 9.94. The Morgan fingerprint density at radius 3 is 2.65 bits per heavy atom. The highest BCUT2D eigenvalue weighted by Crippen LogP contribution is 2.48. The molecule has 0 bridgehead atoms. The number of hydrogen-bond acceptors (Lipinski definition) is 8. The lowest BCUT2D eigenvalue weighted by Crippen LogP contribution is -2.42. The third-order valence-corrected chi connectivity index (χ3v) is 10.4. The van der Waals surface area contributed by atoms with Crippen LogP contribution in [0.25, 0.3) is 54.1 Å². The van der Waals surface area contributed by atoms with Crippen molar-refractivity contribution in [3.63, 3.8) is 0 Å². The third kappa shape index (κ3) is 5.35. The highest BCUT2D eigenvalue weighted by molar-refractivity contribution is 7.18. The van der Waals surface area contributed by atoms with Crippen LogP contribution in [0.4, 0.5) is 13.2 Å². The van der Waals surface area contributed by atoms with E-state index in [0.717, 1.165) is 44.4 Å². The topological polar surface area (TPSA) is 82.4 Å². The maximum atomic E-state index is 16.2. The van der Waals surface area contributed by atoms with Crippen molar-refractivity contribution in [1.29, 1.82) is 0 Å². The van der Waals surface area contributed by atoms with Gasteiger partial charge in [-0.3, -0.25) is 9.48 Å². The third-order valence-electron chi connectivity index (χ3n) is 8.49. The number of thiazole rings is 1. The van der Waals surface area contributed by atoms with Crippen LogP contribution in [0.1, 0.15) is 36.6 Å². The van der Waals surface area contributed by atoms with E-state index in [1.165, 1.54) is 18.6 Å². The number of halogens is 3. The molecule has 5 heterocycles. The predicted octanol–water partition coefficient (Wildman–Crippen LogP) is 8.50. The molecule has 0 saturated carbocycles. The van der Waals surface area contributed by atoms with Crippen molar-refractivity contribution in [1.82, 2.24) is 24.6 Å². The Morgan fingerprint density at radius 1 is 1.06 bits per heavy atom. The van der Waals surface area contributed by atoms with E-state index in [9.17, 15) is 9.18 Å². The highest BCUT2D eigenvalue weighted by Gasteiger charge is 2.34. The van der Waals surface area contributed by atoms with E-state index < -0.39 is 17.5 Å². The molecule has 8 nitrogen and oxygen atoms in total. The van der Waals surface area contributed by atoms with Crippen LogP contribution in [0.2, 0.25) is 0 Å². The smallest absolute Gasteiger partial charge is 0.246 e. The fourth-order valence-electron chi connectivity index (χ4n) is 6.30. The first-order valence-electron chi connectivity index (χ1n) is 15.2. The molecular formula is C35H30F3N5O3S2. The Kier molecular flexibility index (Phi) is 8.30. The number of aryl methyl sites for hydroxylation is 1. The van der Waals surface area contributed by atoms with E-state index in [1.807, 2.05) is 43.7 Å². The van der Waals surface area contributed by atoms with Crippen molar-refractivity contribution in [3.8, 4) is 39.5 Å². The average Bonchev–Trinajstić information content (AvgIpc) is 3.78. The van der Waals surface area contributed by atoms with Crippen molar-refractivity contribution >= 4 is 48.9 Å². The van der Waals surface area contributed by atoms with Crippen LogP contribution in [-0.4, -0.2) is 57.4 Å². The second-order valence-corrected chi connectivity index (χ2v) is 13.7. The standard InChI is InChI=1S/C35H30F3N5O3S2/c1-6-29(44)42-15-17(2)43-26(18(42)3)14-25(41-43)34-32(30-22(37)12-21(36)13-27(30)46-10-9-45-5)31-23(38)16-47-35(31)33(40-34)20-7-8-28-24(11-20)39-19(4)48-28/h6-8,11-14,16-18H,1,9-10,15H2,2-5H3/t17-,18+/m0/s1. The maximum absolute atomic E-state index is 16.2. The summed E-state index contributed by atoms with van der Waals surface area (Å²) in [5.74, 6) is -2.74. The summed E-state index contributed by atoms with van der Waals surface area (Å²) in [5, 5.41) is 7.28. The Balaban J connectivity index is 1.54. The molecule has 0 unspecified atom stereocenters. The van der Waals surface area contributed by atoms with Gasteiger partial charge in [0, 0.05) is 47.7 Å². The van der Waals surface area contributed by atoms with E-state index in [1.54, 1.807) is 22.3 Å². The number of thiophene rings is 1. The number of nitrogens with zero attached hydrogens (tertiary/aromatic N) is 5.